The summed E-state index contributed by atoms with van der Waals surface area (Å²) in [5, 5.41) is 0. The molecule has 0 rings (SSSR count). The minimum absolute atomic E-state index is 0.266. The third-order valence-electron chi connectivity index (χ3n) is 6.91. The van der Waals surface area contributed by atoms with Crippen molar-refractivity contribution in [2.75, 3.05) is 62.4 Å². The predicted molar refractivity (Wildman–Crippen MR) is 119 cm³/mol. The third kappa shape index (κ3) is 8.27. The van der Waals surface area contributed by atoms with Crippen LogP contribution in [0.4, 0.5) is 0 Å². The Morgan fingerprint density at radius 3 is 1.65 bits per heavy atom. The Balaban J connectivity index is 5.10. The number of hydrogen-bond acceptors (Lipinski definition) is 1. The quantitative estimate of drug-likeness (QED) is 0.475. The molecule has 0 fully saturated rings. The standard InChI is InChI=1S/C23H53N3/c1-15-20(16-22(4,5)24(8)9)17-26(13,14)19-21(2,3)18-23(6,7)25(10,11)12/h20H,15-19H2,1-14H3/q+2. The normalized spacial score (nSPS) is 16.3. The fourth-order valence-corrected chi connectivity index (χ4v) is 4.61. The molecule has 26 heavy (non-hydrogen) atoms. The van der Waals surface area contributed by atoms with Crippen LogP contribution in [0, 0.1) is 11.3 Å². The molecule has 158 valence electrons. The molecular weight excluding hydrogens is 318 g/mol. The smallest absolute Gasteiger partial charge is 0.0936 e. The average molecular weight is 372 g/mol. The zero-order valence-corrected chi connectivity index (χ0v) is 21.0. The van der Waals surface area contributed by atoms with Crippen molar-refractivity contribution in [1.29, 1.82) is 0 Å². The van der Waals surface area contributed by atoms with Gasteiger partial charge in [-0.3, -0.25) is 0 Å². The molecule has 0 aliphatic heterocycles. The second kappa shape index (κ2) is 8.49. The van der Waals surface area contributed by atoms with E-state index < -0.39 is 0 Å². The molecule has 0 bridgehead atoms. The molecule has 0 aromatic heterocycles. The van der Waals surface area contributed by atoms with E-state index in [1.54, 1.807) is 0 Å². The first-order valence-electron chi connectivity index (χ1n) is 10.6. The van der Waals surface area contributed by atoms with Gasteiger partial charge in [-0.1, -0.05) is 20.8 Å². The van der Waals surface area contributed by atoms with E-state index in [9.17, 15) is 0 Å². The van der Waals surface area contributed by atoms with Crippen molar-refractivity contribution in [3.63, 3.8) is 0 Å². The number of rotatable bonds is 11. The van der Waals surface area contributed by atoms with Gasteiger partial charge < -0.3 is 13.9 Å². The Bertz CT molecular complexity index is 425. The molecule has 0 aromatic carbocycles. The summed E-state index contributed by atoms with van der Waals surface area (Å²) in [7, 11) is 16.3. The zero-order chi connectivity index (χ0) is 21.2. The van der Waals surface area contributed by atoms with Crippen molar-refractivity contribution in [1.82, 2.24) is 4.90 Å². The third-order valence-corrected chi connectivity index (χ3v) is 6.91. The van der Waals surface area contributed by atoms with Crippen molar-refractivity contribution in [3.8, 4) is 0 Å². The van der Waals surface area contributed by atoms with Gasteiger partial charge in [0.25, 0.3) is 0 Å². The monoisotopic (exact) mass is 371 g/mol. The van der Waals surface area contributed by atoms with E-state index in [0.717, 1.165) is 14.9 Å². The molecule has 3 nitrogen and oxygen atoms in total. The first-order chi connectivity index (χ1) is 11.2. The molecular formula is C23H53N3+2. The first kappa shape index (κ1) is 25.9. The Kier molecular flexibility index (Phi) is 8.45. The molecule has 0 amide bonds. The number of nitrogens with zero attached hydrogens (tertiary/aromatic N) is 3. The maximum atomic E-state index is 2.47. The lowest BCUT2D eigenvalue weighted by molar-refractivity contribution is -0.924. The molecule has 0 aromatic rings. The summed E-state index contributed by atoms with van der Waals surface area (Å²) in [6.07, 6.45) is 3.78. The van der Waals surface area contributed by atoms with Gasteiger partial charge in [0.1, 0.15) is 0 Å². The summed E-state index contributed by atoms with van der Waals surface area (Å²) in [4.78, 5) is 2.38. The molecule has 0 N–H and O–H groups in total. The zero-order valence-electron chi connectivity index (χ0n) is 21.0. The van der Waals surface area contributed by atoms with Gasteiger partial charge in [0, 0.05) is 23.3 Å². The SMILES string of the molecule is CCC(CC(C)(C)N(C)C)C[N+](C)(C)CC(C)(C)CC(C)(C)[N+](C)(C)C. The Morgan fingerprint density at radius 1 is 0.846 bits per heavy atom. The van der Waals surface area contributed by atoms with Crippen molar-refractivity contribution < 1.29 is 8.97 Å². The van der Waals surface area contributed by atoms with Gasteiger partial charge in [0.2, 0.25) is 0 Å². The molecule has 0 aliphatic rings. The summed E-state index contributed by atoms with van der Waals surface area (Å²) in [6.45, 7) is 19.4. The van der Waals surface area contributed by atoms with E-state index in [1.807, 2.05) is 0 Å². The number of hydrogen-bond donors (Lipinski definition) is 0. The molecule has 0 heterocycles. The molecule has 0 saturated carbocycles. The molecule has 0 spiro atoms. The van der Waals surface area contributed by atoms with Crippen LogP contribution in [0.3, 0.4) is 0 Å². The van der Waals surface area contributed by atoms with E-state index in [4.69, 9.17) is 0 Å². The summed E-state index contributed by atoms with van der Waals surface area (Å²) in [6, 6.07) is 0. The van der Waals surface area contributed by atoms with Gasteiger partial charge in [-0.2, -0.15) is 0 Å². The highest BCUT2D eigenvalue weighted by molar-refractivity contribution is 4.82. The minimum atomic E-state index is 0.266. The summed E-state index contributed by atoms with van der Waals surface area (Å²) >= 11 is 0. The van der Waals surface area contributed by atoms with Crippen LogP contribution in [0.2, 0.25) is 0 Å². The fourth-order valence-electron chi connectivity index (χ4n) is 4.61. The Hall–Kier alpha value is -0.120. The predicted octanol–water partition coefficient (Wildman–Crippen LogP) is 4.72. The van der Waals surface area contributed by atoms with Crippen LogP contribution >= 0.6 is 0 Å². The van der Waals surface area contributed by atoms with E-state index in [-0.39, 0.29) is 11.1 Å². The Morgan fingerprint density at radius 2 is 1.31 bits per heavy atom. The van der Waals surface area contributed by atoms with Gasteiger partial charge in [-0.25, -0.2) is 0 Å². The van der Waals surface area contributed by atoms with Crippen LogP contribution in [-0.4, -0.2) is 87.4 Å². The fraction of sp³-hybridized carbons (Fsp3) is 1.00. The van der Waals surface area contributed by atoms with Crippen molar-refractivity contribution >= 4 is 0 Å². The van der Waals surface area contributed by atoms with Gasteiger partial charge >= 0.3 is 0 Å². The van der Waals surface area contributed by atoms with E-state index >= 15 is 0 Å². The molecule has 1 unspecified atom stereocenters. The molecule has 0 saturated heterocycles. The summed E-state index contributed by atoms with van der Waals surface area (Å²) in [5.74, 6) is 0.768. The van der Waals surface area contributed by atoms with Crippen molar-refractivity contribution in [2.24, 2.45) is 11.3 Å². The van der Waals surface area contributed by atoms with Gasteiger partial charge in [0.05, 0.1) is 53.9 Å². The van der Waals surface area contributed by atoms with E-state index in [1.165, 1.54) is 32.4 Å². The highest BCUT2D eigenvalue weighted by Gasteiger charge is 2.42. The lowest BCUT2D eigenvalue weighted by atomic mass is 9.77. The van der Waals surface area contributed by atoms with Crippen molar-refractivity contribution in [3.05, 3.63) is 0 Å². The van der Waals surface area contributed by atoms with Crippen LogP contribution in [0.1, 0.15) is 67.7 Å². The topological polar surface area (TPSA) is 3.24 Å². The molecule has 0 radical (unpaired) electrons. The highest BCUT2D eigenvalue weighted by Crippen LogP contribution is 2.36. The van der Waals surface area contributed by atoms with Crippen molar-refractivity contribution in [2.45, 2.75) is 78.8 Å². The largest absolute Gasteiger partial charge is 0.328 e. The first-order valence-corrected chi connectivity index (χ1v) is 10.6. The van der Waals surface area contributed by atoms with Crippen LogP contribution in [0.5, 0.6) is 0 Å². The Labute approximate surface area is 166 Å². The lowest BCUT2D eigenvalue weighted by Crippen LogP contribution is -2.57. The number of quaternary nitrogens is 2. The molecule has 0 aliphatic carbocycles. The summed E-state index contributed by atoms with van der Waals surface area (Å²) in [5.41, 5.74) is 0.871. The van der Waals surface area contributed by atoms with Crippen LogP contribution in [0.15, 0.2) is 0 Å². The second-order valence-corrected chi connectivity index (χ2v) is 12.6. The van der Waals surface area contributed by atoms with E-state index in [2.05, 4.69) is 103 Å². The van der Waals surface area contributed by atoms with Crippen LogP contribution < -0.4 is 0 Å². The van der Waals surface area contributed by atoms with Crippen LogP contribution in [0.25, 0.3) is 0 Å². The minimum Gasteiger partial charge on any atom is -0.328 e. The highest BCUT2D eigenvalue weighted by atomic mass is 15.3. The van der Waals surface area contributed by atoms with Gasteiger partial charge in [-0.15, -0.1) is 0 Å². The maximum Gasteiger partial charge on any atom is 0.0936 e. The molecule has 1 atom stereocenters. The molecule has 3 heteroatoms. The summed E-state index contributed by atoms with van der Waals surface area (Å²) < 4.78 is 2.13. The van der Waals surface area contributed by atoms with Gasteiger partial charge in [0.15, 0.2) is 0 Å². The second-order valence-electron chi connectivity index (χ2n) is 12.6. The van der Waals surface area contributed by atoms with Crippen LogP contribution in [-0.2, 0) is 0 Å². The maximum absolute atomic E-state index is 2.47. The van der Waals surface area contributed by atoms with Gasteiger partial charge in [-0.05, 0) is 54.6 Å². The van der Waals surface area contributed by atoms with E-state index in [0.29, 0.717) is 5.41 Å². The lowest BCUT2D eigenvalue weighted by Gasteiger charge is -2.47. The average Bonchev–Trinajstić information content (AvgIpc) is 2.32.